The van der Waals surface area contributed by atoms with Crippen molar-refractivity contribution < 1.29 is 0 Å². The van der Waals surface area contributed by atoms with Gasteiger partial charge >= 0.3 is 4.87 Å². The standard InChI is InChI=1S/C8H12ClNOS/c1-7-6-12-8(11)10(7)5-3-2-4-9/h6H,2-5H2,1H3. The zero-order valence-electron chi connectivity index (χ0n) is 7.05. The van der Waals surface area contributed by atoms with Gasteiger partial charge in [-0.25, -0.2) is 0 Å². The summed E-state index contributed by atoms with van der Waals surface area (Å²) in [4.78, 5) is 11.3. The van der Waals surface area contributed by atoms with Crippen molar-refractivity contribution in [3.05, 3.63) is 20.7 Å². The van der Waals surface area contributed by atoms with E-state index in [1.807, 2.05) is 12.3 Å². The van der Waals surface area contributed by atoms with Gasteiger partial charge in [-0.1, -0.05) is 11.3 Å². The minimum atomic E-state index is 0.141. The van der Waals surface area contributed by atoms with Gasteiger partial charge in [-0.05, 0) is 19.8 Å². The SMILES string of the molecule is Cc1csc(=O)n1CCCCCl. The monoisotopic (exact) mass is 205 g/mol. The third kappa shape index (κ3) is 2.35. The molecule has 1 heterocycles. The topological polar surface area (TPSA) is 22.0 Å². The molecule has 0 saturated carbocycles. The smallest absolute Gasteiger partial charge is 0.303 e. The lowest BCUT2D eigenvalue weighted by molar-refractivity contribution is 0.613. The van der Waals surface area contributed by atoms with Gasteiger partial charge in [0.25, 0.3) is 0 Å². The van der Waals surface area contributed by atoms with Crippen LogP contribution >= 0.6 is 22.9 Å². The molecule has 12 heavy (non-hydrogen) atoms. The molecule has 0 amide bonds. The Labute approximate surface area is 80.8 Å². The van der Waals surface area contributed by atoms with Gasteiger partial charge in [-0.2, -0.15) is 0 Å². The lowest BCUT2D eigenvalue weighted by atomic mass is 10.3. The van der Waals surface area contributed by atoms with Crippen LogP contribution in [-0.2, 0) is 6.54 Å². The Kier molecular flexibility index (Phi) is 3.82. The molecule has 0 spiro atoms. The lowest BCUT2D eigenvalue weighted by Gasteiger charge is -2.01. The van der Waals surface area contributed by atoms with Crippen molar-refractivity contribution in [1.82, 2.24) is 4.57 Å². The number of unbranched alkanes of at least 4 members (excludes halogenated alkanes) is 1. The summed E-state index contributed by atoms with van der Waals surface area (Å²) in [6.45, 7) is 2.76. The first-order valence-electron chi connectivity index (χ1n) is 3.96. The molecule has 0 bridgehead atoms. The van der Waals surface area contributed by atoms with Crippen LogP contribution in [0.3, 0.4) is 0 Å². The minimum absolute atomic E-state index is 0.141. The Bertz CT molecular complexity index is 291. The summed E-state index contributed by atoms with van der Waals surface area (Å²) in [7, 11) is 0. The maximum absolute atomic E-state index is 11.2. The van der Waals surface area contributed by atoms with Crippen LogP contribution < -0.4 is 4.87 Å². The number of hydrogen-bond donors (Lipinski definition) is 0. The Morgan fingerprint density at radius 3 is 2.83 bits per heavy atom. The predicted octanol–water partition coefficient (Wildman–Crippen LogP) is 2.24. The van der Waals surface area contributed by atoms with Crippen LogP contribution in [0.1, 0.15) is 18.5 Å². The molecule has 0 fully saturated rings. The van der Waals surface area contributed by atoms with Crippen LogP contribution in [0.5, 0.6) is 0 Å². The average Bonchev–Trinajstić information content (AvgIpc) is 2.35. The molecular weight excluding hydrogens is 194 g/mol. The van der Waals surface area contributed by atoms with E-state index in [9.17, 15) is 4.79 Å². The van der Waals surface area contributed by atoms with Gasteiger partial charge in [0.15, 0.2) is 0 Å². The second-order valence-corrected chi connectivity index (χ2v) is 3.89. The molecule has 0 aliphatic rings. The first-order valence-corrected chi connectivity index (χ1v) is 5.38. The second-order valence-electron chi connectivity index (χ2n) is 2.69. The summed E-state index contributed by atoms with van der Waals surface area (Å²) < 4.78 is 1.80. The van der Waals surface area contributed by atoms with Gasteiger partial charge in [0.1, 0.15) is 0 Å². The molecule has 0 unspecified atom stereocenters. The Morgan fingerprint density at radius 2 is 2.33 bits per heavy atom. The van der Waals surface area contributed by atoms with E-state index in [4.69, 9.17) is 11.6 Å². The summed E-state index contributed by atoms with van der Waals surface area (Å²) >= 11 is 6.80. The van der Waals surface area contributed by atoms with Crippen LogP contribution in [0, 0.1) is 6.92 Å². The summed E-state index contributed by atoms with van der Waals surface area (Å²) in [5, 5.41) is 1.89. The van der Waals surface area contributed by atoms with Crippen molar-refractivity contribution in [2.75, 3.05) is 5.88 Å². The fraction of sp³-hybridized carbons (Fsp3) is 0.625. The van der Waals surface area contributed by atoms with Crippen LogP contribution in [0.2, 0.25) is 0 Å². The number of aryl methyl sites for hydroxylation is 1. The first kappa shape index (κ1) is 9.81. The minimum Gasteiger partial charge on any atom is -0.303 e. The number of thiazole rings is 1. The first-order chi connectivity index (χ1) is 5.75. The number of hydrogen-bond acceptors (Lipinski definition) is 2. The van der Waals surface area contributed by atoms with Crippen LogP contribution in [-0.4, -0.2) is 10.4 Å². The molecule has 0 atom stereocenters. The van der Waals surface area contributed by atoms with E-state index in [-0.39, 0.29) is 4.87 Å². The maximum Gasteiger partial charge on any atom is 0.307 e. The fourth-order valence-electron chi connectivity index (χ4n) is 1.04. The number of halogens is 1. The van der Waals surface area contributed by atoms with Gasteiger partial charge in [0.05, 0.1) is 0 Å². The molecule has 0 radical (unpaired) electrons. The average molecular weight is 206 g/mol. The summed E-state index contributed by atoms with van der Waals surface area (Å²) in [6.07, 6.45) is 1.96. The largest absolute Gasteiger partial charge is 0.307 e. The summed E-state index contributed by atoms with van der Waals surface area (Å²) in [6, 6.07) is 0. The predicted molar refractivity (Wildman–Crippen MR) is 53.3 cm³/mol. The van der Waals surface area contributed by atoms with Crippen LogP contribution in [0.25, 0.3) is 0 Å². The van der Waals surface area contributed by atoms with Crippen molar-refractivity contribution in [1.29, 1.82) is 0 Å². The quantitative estimate of drug-likeness (QED) is 0.546. The molecule has 0 aliphatic carbocycles. The van der Waals surface area contributed by atoms with E-state index in [1.54, 1.807) is 4.57 Å². The van der Waals surface area contributed by atoms with E-state index in [1.165, 1.54) is 11.3 Å². The second kappa shape index (κ2) is 4.67. The van der Waals surface area contributed by atoms with Gasteiger partial charge in [0, 0.05) is 23.5 Å². The molecule has 0 saturated heterocycles. The van der Waals surface area contributed by atoms with Crippen molar-refractivity contribution in [3.63, 3.8) is 0 Å². The molecule has 0 aliphatic heterocycles. The summed E-state index contributed by atoms with van der Waals surface area (Å²) in [5.41, 5.74) is 1.06. The molecule has 4 heteroatoms. The third-order valence-corrected chi connectivity index (χ3v) is 2.89. The van der Waals surface area contributed by atoms with Crippen molar-refractivity contribution in [3.8, 4) is 0 Å². The highest BCUT2D eigenvalue weighted by Crippen LogP contribution is 2.02. The van der Waals surface area contributed by atoms with Gasteiger partial charge < -0.3 is 4.57 Å². The fourth-order valence-corrected chi connectivity index (χ4v) is 1.99. The lowest BCUT2D eigenvalue weighted by Crippen LogP contribution is -2.14. The highest BCUT2D eigenvalue weighted by Gasteiger charge is 2.00. The van der Waals surface area contributed by atoms with Crippen LogP contribution in [0.4, 0.5) is 0 Å². The molecule has 0 N–H and O–H groups in total. The Hall–Kier alpha value is -0.280. The Morgan fingerprint density at radius 1 is 1.58 bits per heavy atom. The highest BCUT2D eigenvalue weighted by molar-refractivity contribution is 7.07. The van der Waals surface area contributed by atoms with E-state index in [2.05, 4.69) is 0 Å². The van der Waals surface area contributed by atoms with Gasteiger partial charge in [0.2, 0.25) is 0 Å². The molecule has 0 aromatic carbocycles. The Balaban J connectivity index is 2.56. The molecule has 2 nitrogen and oxygen atoms in total. The number of rotatable bonds is 4. The van der Waals surface area contributed by atoms with E-state index in [0.29, 0.717) is 5.88 Å². The van der Waals surface area contributed by atoms with Crippen molar-refractivity contribution >= 4 is 22.9 Å². The molecule has 68 valence electrons. The van der Waals surface area contributed by atoms with Gasteiger partial charge in [-0.3, -0.25) is 4.79 Å². The maximum atomic E-state index is 11.2. The zero-order chi connectivity index (χ0) is 8.97. The van der Waals surface area contributed by atoms with E-state index < -0.39 is 0 Å². The molecule has 1 aromatic rings. The number of aromatic nitrogens is 1. The van der Waals surface area contributed by atoms with E-state index >= 15 is 0 Å². The van der Waals surface area contributed by atoms with Crippen molar-refractivity contribution in [2.24, 2.45) is 0 Å². The van der Waals surface area contributed by atoms with Crippen LogP contribution in [0.15, 0.2) is 10.2 Å². The van der Waals surface area contributed by atoms with E-state index in [0.717, 1.165) is 25.1 Å². The zero-order valence-corrected chi connectivity index (χ0v) is 8.62. The molecule has 1 rings (SSSR count). The van der Waals surface area contributed by atoms with Crippen molar-refractivity contribution in [2.45, 2.75) is 26.3 Å². The molecule has 1 aromatic heterocycles. The normalized spacial score (nSPS) is 10.5. The number of nitrogens with zero attached hydrogens (tertiary/aromatic N) is 1. The highest BCUT2D eigenvalue weighted by atomic mass is 35.5. The third-order valence-electron chi connectivity index (χ3n) is 1.74. The van der Waals surface area contributed by atoms with Gasteiger partial charge in [-0.15, -0.1) is 11.6 Å². The molecular formula is C8H12ClNOS. The summed E-state index contributed by atoms with van der Waals surface area (Å²) in [5.74, 6) is 0.679. The number of alkyl halides is 1.